The van der Waals surface area contributed by atoms with Gasteiger partial charge in [-0.15, -0.1) is 0 Å². The normalized spacial score (nSPS) is 12.2. The highest BCUT2D eigenvalue weighted by molar-refractivity contribution is 6.00. The summed E-state index contributed by atoms with van der Waals surface area (Å²) in [5, 5.41) is 13.3. The Balaban J connectivity index is 2.42. The fourth-order valence-electron chi connectivity index (χ4n) is 2.30. The van der Waals surface area contributed by atoms with E-state index in [2.05, 4.69) is 5.16 Å². The monoisotopic (exact) mass is 288 g/mol. The number of aliphatic hydroxyl groups is 1. The summed E-state index contributed by atoms with van der Waals surface area (Å²) in [6.07, 6.45) is 0. The van der Waals surface area contributed by atoms with Crippen molar-refractivity contribution in [2.45, 2.75) is 26.8 Å². The van der Waals surface area contributed by atoms with Gasteiger partial charge in [0.05, 0.1) is 12.6 Å². The summed E-state index contributed by atoms with van der Waals surface area (Å²) in [4.78, 5) is 14.4. The van der Waals surface area contributed by atoms with Crippen molar-refractivity contribution in [2.24, 2.45) is 0 Å². The lowest BCUT2D eigenvalue weighted by Gasteiger charge is -2.27. The molecule has 0 saturated carbocycles. The van der Waals surface area contributed by atoms with Crippen LogP contribution in [0.15, 0.2) is 34.9 Å². The van der Waals surface area contributed by atoms with E-state index in [0.29, 0.717) is 23.6 Å². The van der Waals surface area contributed by atoms with Crippen molar-refractivity contribution in [3.8, 4) is 11.3 Å². The van der Waals surface area contributed by atoms with Crippen molar-refractivity contribution in [3.05, 3.63) is 41.7 Å². The minimum absolute atomic E-state index is 0.0647. The van der Waals surface area contributed by atoms with Crippen LogP contribution in [0.2, 0.25) is 0 Å². The molecule has 0 radical (unpaired) electrons. The zero-order valence-corrected chi connectivity index (χ0v) is 12.5. The van der Waals surface area contributed by atoms with E-state index in [1.54, 1.807) is 17.0 Å². The highest BCUT2D eigenvalue weighted by Crippen LogP contribution is 2.24. The molecule has 1 N–H and O–H groups in total. The SMILES string of the molecule is CCN(C(=O)c1ccccc1-c1cc(C)on1)C(C)CO. The molecule has 2 rings (SSSR count). The lowest BCUT2D eigenvalue weighted by Crippen LogP contribution is -2.40. The second-order valence-electron chi connectivity index (χ2n) is 4.99. The van der Waals surface area contributed by atoms with Crippen molar-refractivity contribution < 1.29 is 14.4 Å². The van der Waals surface area contributed by atoms with Gasteiger partial charge in [0.1, 0.15) is 11.5 Å². The second-order valence-corrected chi connectivity index (χ2v) is 4.99. The fraction of sp³-hybridized carbons (Fsp3) is 0.375. The zero-order chi connectivity index (χ0) is 15.4. The largest absolute Gasteiger partial charge is 0.394 e. The Labute approximate surface area is 124 Å². The number of amides is 1. The molecule has 0 bridgehead atoms. The quantitative estimate of drug-likeness (QED) is 0.918. The fourth-order valence-corrected chi connectivity index (χ4v) is 2.30. The van der Waals surface area contributed by atoms with Crippen LogP contribution < -0.4 is 0 Å². The summed E-state index contributed by atoms with van der Waals surface area (Å²) in [5.74, 6) is 0.582. The van der Waals surface area contributed by atoms with E-state index in [1.807, 2.05) is 39.0 Å². The first-order chi connectivity index (χ1) is 10.1. The van der Waals surface area contributed by atoms with Crippen LogP contribution >= 0.6 is 0 Å². The summed E-state index contributed by atoms with van der Waals surface area (Å²) in [6.45, 7) is 6.00. The lowest BCUT2D eigenvalue weighted by atomic mass is 10.0. The molecule has 0 saturated heterocycles. The molecule has 1 amide bonds. The average molecular weight is 288 g/mol. The number of carbonyl (C=O) groups is 1. The van der Waals surface area contributed by atoms with Crippen molar-refractivity contribution in [1.29, 1.82) is 0 Å². The number of hydrogen-bond acceptors (Lipinski definition) is 4. The van der Waals surface area contributed by atoms with E-state index in [4.69, 9.17) is 4.52 Å². The molecule has 0 aliphatic carbocycles. The van der Waals surface area contributed by atoms with Crippen LogP contribution in [0.3, 0.4) is 0 Å². The van der Waals surface area contributed by atoms with E-state index >= 15 is 0 Å². The van der Waals surface area contributed by atoms with E-state index in [1.165, 1.54) is 0 Å². The standard InChI is InChI=1S/C16H20N2O3/c1-4-18(11(2)10-19)16(20)14-8-6-5-7-13(14)15-9-12(3)21-17-15/h5-9,11,19H,4,10H2,1-3H3. The van der Waals surface area contributed by atoms with Gasteiger partial charge in [-0.05, 0) is 26.8 Å². The molecule has 1 heterocycles. The van der Waals surface area contributed by atoms with Gasteiger partial charge in [-0.1, -0.05) is 23.4 Å². The zero-order valence-electron chi connectivity index (χ0n) is 12.5. The van der Waals surface area contributed by atoms with E-state index < -0.39 is 0 Å². The summed E-state index contributed by atoms with van der Waals surface area (Å²) < 4.78 is 5.09. The maximum atomic E-state index is 12.7. The van der Waals surface area contributed by atoms with Crippen LogP contribution in [0.25, 0.3) is 11.3 Å². The Morgan fingerprint density at radius 1 is 1.43 bits per heavy atom. The van der Waals surface area contributed by atoms with Gasteiger partial charge < -0.3 is 14.5 Å². The molecule has 1 unspecified atom stereocenters. The number of aromatic nitrogens is 1. The first-order valence-corrected chi connectivity index (χ1v) is 7.03. The number of aliphatic hydroxyl groups excluding tert-OH is 1. The number of hydrogen-bond donors (Lipinski definition) is 1. The third-order valence-corrected chi connectivity index (χ3v) is 3.46. The highest BCUT2D eigenvalue weighted by Gasteiger charge is 2.22. The van der Waals surface area contributed by atoms with Gasteiger partial charge in [-0.25, -0.2) is 0 Å². The van der Waals surface area contributed by atoms with Crippen molar-refractivity contribution in [2.75, 3.05) is 13.2 Å². The number of nitrogens with zero attached hydrogens (tertiary/aromatic N) is 2. The Hall–Kier alpha value is -2.14. The van der Waals surface area contributed by atoms with Gasteiger partial charge in [-0.3, -0.25) is 4.79 Å². The molecule has 2 aromatic rings. The van der Waals surface area contributed by atoms with Crippen LogP contribution in [0.4, 0.5) is 0 Å². The second kappa shape index (κ2) is 6.54. The summed E-state index contributed by atoms with van der Waals surface area (Å²) in [6, 6.07) is 8.88. The average Bonchev–Trinajstić information content (AvgIpc) is 2.94. The van der Waals surface area contributed by atoms with Gasteiger partial charge in [0, 0.05) is 23.7 Å². The van der Waals surface area contributed by atoms with Crippen LogP contribution in [-0.4, -0.2) is 40.3 Å². The Morgan fingerprint density at radius 3 is 2.71 bits per heavy atom. The molecule has 5 nitrogen and oxygen atoms in total. The van der Waals surface area contributed by atoms with E-state index in [0.717, 1.165) is 5.56 Å². The molecule has 21 heavy (non-hydrogen) atoms. The number of carbonyl (C=O) groups excluding carboxylic acids is 1. The van der Waals surface area contributed by atoms with Crippen LogP contribution in [0, 0.1) is 6.92 Å². The Bertz CT molecular complexity index is 621. The Kier molecular flexibility index (Phi) is 4.75. The number of benzene rings is 1. The third-order valence-electron chi connectivity index (χ3n) is 3.46. The molecule has 1 aromatic carbocycles. The first-order valence-electron chi connectivity index (χ1n) is 7.03. The predicted octanol–water partition coefficient (Wildman–Crippen LogP) is 2.49. The Morgan fingerprint density at radius 2 is 2.14 bits per heavy atom. The van der Waals surface area contributed by atoms with Gasteiger partial charge in [0.2, 0.25) is 0 Å². The van der Waals surface area contributed by atoms with Crippen molar-refractivity contribution >= 4 is 5.91 Å². The smallest absolute Gasteiger partial charge is 0.254 e. The molecule has 5 heteroatoms. The van der Waals surface area contributed by atoms with Crippen molar-refractivity contribution in [3.63, 3.8) is 0 Å². The lowest BCUT2D eigenvalue weighted by molar-refractivity contribution is 0.0633. The van der Waals surface area contributed by atoms with Crippen molar-refractivity contribution in [1.82, 2.24) is 10.1 Å². The predicted molar refractivity (Wildman–Crippen MR) is 79.9 cm³/mol. The molecule has 112 valence electrons. The molecule has 0 aliphatic heterocycles. The van der Waals surface area contributed by atoms with Gasteiger partial charge in [0.15, 0.2) is 0 Å². The molecule has 0 fully saturated rings. The highest BCUT2D eigenvalue weighted by atomic mass is 16.5. The molecular weight excluding hydrogens is 268 g/mol. The maximum Gasteiger partial charge on any atom is 0.254 e. The summed E-state index contributed by atoms with van der Waals surface area (Å²) in [7, 11) is 0. The maximum absolute atomic E-state index is 12.7. The number of aryl methyl sites for hydroxylation is 1. The van der Waals surface area contributed by atoms with Gasteiger partial charge in [0.25, 0.3) is 5.91 Å². The van der Waals surface area contributed by atoms with Gasteiger partial charge in [-0.2, -0.15) is 0 Å². The molecule has 1 atom stereocenters. The summed E-state index contributed by atoms with van der Waals surface area (Å²) in [5.41, 5.74) is 1.94. The minimum atomic E-state index is -0.227. The molecule has 0 spiro atoms. The minimum Gasteiger partial charge on any atom is -0.394 e. The van der Waals surface area contributed by atoms with Crippen LogP contribution in [-0.2, 0) is 0 Å². The molecule has 0 aliphatic rings. The topological polar surface area (TPSA) is 66.6 Å². The third kappa shape index (κ3) is 3.13. The number of likely N-dealkylation sites (N-methyl/N-ethyl adjacent to an activating group) is 1. The molecule has 1 aromatic heterocycles. The first kappa shape index (κ1) is 15.3. The molecular formula is C16H20N2O3. The van der Waals surface area contributed by atoms with Gasteiger partial charge >= 0.3 is 0 Å². The van der Waals surface area contributed by atoms with E-state index in [-0.39, 0.29) is 18.6 Å². The van der Waals surface area contributed by atoms with E-state index in [9.17, 15) is 9.90 Å². The number of rotatable bonds is 5. The van der Waals surface area contributed by atoms with Crippen LogP contribution in [0.5, 0.6) is 0 Å². The van der Waals surface area contributed by atoms with Crippen LogP contribution in [0.1, 0.15) is 30.0 Å². The summed E-state index contributed by atoms with van der Waals surface area (Å²) >= 11 is 0.